The number of aromatic nitrogens is 2. The molecule has 12 heteroatoms. The quantitative estimate of drug-likeness (QED) is 0.222. The van der Waals surface area contributed by atoms with E-state index in [-0.39, 0.29) is 35.9 Å². The Kier molecular flexibility index (Phi) is 8.22. The number of hydrogen-bond donors (Lipinski definition) is 3. The lowest BCUT2D eigenvalue weighted by molar-refractivity contribution is -0.154. The van der Waals surface area contributed by atoms with Crippen molar-refractivity contribution in [2.24, 2.45) is 11.8 Å². The second-order valence-electron chi connectivity index (χ2n) is 8.02. The Morgan fingerprint density at radius 3 is 2.87 bits per heavy atom. The van der Waals surface area contributed by atoms with Gasteiger partial charge < -0.3 is 9.64 Å². The standard InChI is InChI=1S/C19H28ClFN6O4/c1-12-10-31-7-6-27(12)17-15(21)16(22-19(20)23-17)24-25-18(29)14(9-26(30)11-28)8-13-4-2-3-5-13/h11-14,30H,2-10H2,1H3,(H,25,29)(H,22,23,24)/t12-,14-/m1/s1. The summed E-state index contributed by atoms with van der Waals surface area (Å²) in [4.78, 5) is 33.1. The molecule has 1 aromatic rings. The summed E-state index contributed by atoms with van der Waals surface area (Å²) in [5, 5.41) is 9.85. The molecular weight excluding hydrogens is 431 g/mol. The van der Waals surface area contributed by atoms with Gasteiger partial charge in [0.2, 0.25) is 23.4 Å². The average molecular weight is 459 g/mol. The van der Waals surface area contributed by atoms with Crippen LogP contribution < -0.4 is 15.8 Å². The molecule has 1 saturated carbocycles. The van der Waals surface area contributed by atoms with Gasteiger partial charge in [-0.15, -0.1) is 0 Å². The zero-order chi connectivity index (χ0) is 22.4. The Bertz CT molecular complexity index is 782. The fraction of sp³-hybridized carbons (Fsp3) is 0.684. The number of nitrogens with zero attached hydrogens (tertiary/aromatic N) is 4. The third-order valence-corrected chi connectivity index (χ3v) is 5.91. The van der Waals surface area contributed by atoms with E-state index in [1.54, 1.807) is 4.90 Å². The van der Waals surface area contributed by atoms with E-state index in [0.717, 1.165) is 25.7 Å². The highest BCUT2D eigenvalue weighted by Gasteiger charge is 2.29. The minimum Gasteiger partial charge on any atom is -0.377 e. The Hall–Kier alpha value is -2.24. The number of halogens is 2. The molecule has 2 atom stereocenters. The van der Waals surface area contributed by atoms with Crippen LogP contribution >= 0.6 is 11.6 Å². The molecule has 1 aromatic heterocycles. The Morgan fingerprint density at radius 2 is 2.19 bits per heavy atom. The molecule has 2 fully saturated rings. The van der Waals surface area contributed by atoms with E-state index in [4.69, 9.17) is 16.3 Å². The van der Waals surface area contributed by atoms with Crippen molar-refractivity contribution in [3.8, 4) is 0 Å². The lowest BCUT2D eigenvalue weighted by Crippen LogP contribution is -2.45. The van der Waals surface area contributed by atoms with Crippen molar-refractivity contribution in [2.75, 3.05) is 36.6 Å². The second kappa shape index (κ2) is 10.9. The molecule has 2 amide bonds. The molecule has 172 valence electrons. The number of hydroxylamine groups is 2. The summed E-state index contributed by atoms with van der Waals surface area (Å²) in [6.07, 6.45) is 4.97. The lowest BCUT2D eigenvalue weighted by Gasteiger charge is -2.34. The van der Waals surface area contributed by atoms with Gasteiger partial charge in [-0.1, -0.05) is 25.7 Å². The zero-order valence-corrected chi connectivity index (χ0v) is 18.1. The van der Waals surface area contributed by atoms with Crippen LogP contribution in [0.4, 0.5) is 16.0 Å². The van der Waals surface area contributed by atoms with E-state index in [1.807, 2.05) is 6.92 Å². The first kappa shape index (κ1) is 23.4. The minimum absolute atomic E-state index is 0.0255. The number of rotatable bonds is 9. The van der Waals surface area contributed by atoms with Crippen molar-refractivity contribution in [1.29, 1.82) is 0 Å². The highest BCUT2D eigenvalue weighted by molar-refractivity contribution is 6.28. The second-order valence-corrected chi connectivity index (χ2v) is 8.36. The number of hydrogen-bond acceptors (Lipinski definition) is 8. The van der Waals surface area contributed by atoms with Crippen LogP contribution in [0.15, 0.2) is 0 Å². The van der Waals surface area contributed by atoms with E-state index in [9.17, 15) is 14.8 Å². The van der Waals surface area contributed by atoms with E-state index < -0.39 is 17.6 Å². The maximum atomic E-state index is 15.1. The van der Waals surface area contributed by atoms with Gasteiger partial charge in [0.25, 0.3) is 0 Å². The van der Waals surface area contributed by atoms with Crippen molar-refractivity contribution in [3.63, 3.8) is 0 Å². The van der Waals surface area contributed by atoms with Crippen LogP contribution in [0.1, 0.15) is 39.0 Å². The zero-order valence-electron chi connectivity index (χ0n) is 17.4. The highest BCUT2D eigenvalue weighted by atomic mass is 35.5. The molecule has 0 aromatic carbocycles. The van der Waals surface area contributed by atoms with Crippen LogP contribution in [0, 0.1) is 17.7 Å². The van der Waals surface area contributed by atoms with E-state index in [0.29, 0.717) is 37.2 Å². The van der Waals surface area contributed by atoms with E-state index in [1.165, 1.54) is 0 Å². The topological polar surface area (TPSA) is 120 Å². The monoisotopic (exact) mass is 458 g/mol. The summed E-state index contributed by atoms with van der Waals surface area (Å²) < 4.78 is 20.5. The number of morpholine rings is 1. The number of nitrogens with one attached hydrogen (secondary N) is 2. The molecule has 2 aliphatic rings. The van der Waals surface area contributed by atoms with E-state index >= 15 is 4.39 Å². The normalized spacial score (nSPS) is 20.4. The SMILES string of the molecule is C[C@@H]1COCCN1c1nc(Cl)nc(NNC(=O)[C@H](CC2CCCC2)CN(O)C=O)c1F. The fourth-order valence-corrected chi connectivity index (χ4v) is 4.29. The number of hydrazine groups is 1. The number of anilines is 2. The van der Waals surface area contributed by atoms with Crippen LogP contribution in [0.25, 0.3) is 0 Å². The molecule has 31 heavy (non-hydrogen) atoms. The van der Waals surface area contributed by atoms with E-state index in [2.05, 4.69) is 20.8 Å². The number of carbonyl (C=O) groups is 2. The Labute approximate surface area is 185 Å². The first-order chi connectivity index (χ1) is 14.9. The van der Waals surface area contributed by atoms with Gasteiger partial charge in [0.05, 0.1) is 31.7 Å². The van der Waals surface area contributed by atoms with Crippen molar-refractivity contribution in [2.45, 2.75) is 45.1 Å². The van der Waals surface area contributed by atoms with Crippen molar-refractivity contribution >= 4 is 35.6 Å². The lowest BCUT2D eigenvalue weighted by atomic mass is 9.92. The van der Waals surface area contributed by atoms with Gasteiger partial charge in [0.15, 0.2) is 11.6 Å². The molecular formula is C19H28ClFN6O4. The summed E-state index contributed by atoms with van der Waals surface area (Å²) in [5.74, 6) is -1.79. The van der Waals surface area contributed by atoms with Gasteiger partial charge in [0.1, 0.15) is 0 Å². The molecule has 2 heterocycles. The molecule has 1 aliphatic heterocycles. The van der Waals surface area contributed by atoms with Crippen LogP contribution in [-0.2, 0) is 14.3 Å². The molecule has 0 unspecified atom stereocenters. The molecule has 0 spiro atoms. The third kappa shape index (κ3) is 6.14. The predicted octanol–water partition coefficient (Wildman–Crippen LogP) is 1.98. The van der Waals surface area contributed by atoms with Gasteiger partial charge in [-0.05, 0) is 30.9 Å². The molecule has 0 radical (unpaired) electrons. The number of amides is 2. The molecule has 1 saturated heterocycles. The van der Waals surface area contributed by atoms with Crippen LogP contribution in [0.3, 0.4) is 0 Å². The molecule has 3 rings (SSSR count). The van der Waals surface area contributed by atoms with Gasteiger partial charge >= 0.3 is 0 Å². The summed E-state index contributed by atoms with van der Waals surface area (Å²) in [6, 6.07) is -0.105. The molecule has 10 nitrogen and oxygen atoms in total. The Balaban J connectivity index is 1.70. The van der Waals surface area contributed by atoms with Crippen molar-refractivity contribution in [3.05, 3.63) is 11.1 Å². The van der Waals surface area contributed by atoms with Crippen molar-refractivity contribution < 1.29 is 23.9 Å². The molecule has 1 aliphatic carbocycles. The molecule has 0 bridgehead atoms. The average Bonchev–Trinajstić information content (AvgIpc) is 3.27. The van der Waals surface area contributed by atoms with Gasteiger partial charge in [0, 0.05) is 6.54 Å². The van der Waals surface area contributed by atoms with Crippen LogP contribution in [0.2, 0.25) is 5.28 Å². The Morgan fingerprint density at radius 1 is 1.45 bits per heavy atom. The smallest absolute Gasteiger partial charge is 0.243 e. The van der Waals surface area contributed by atoms with Gasteiger partial charge in [-0.3, -0.25) is 25.6 Å². The van der Waals surface area contributed by atoms with Gasteiger partial charge in [-0.25, -0.2) is 5.06 Å². The summed E-state index contributed by atoms with van der Waals surface area (Å²) >= 11 is 5.99. The fourth-order valence-electron chi connectivity index (χ4n) is 4.13. The summed E-state index contributed by atoms with van der Waals surface area (Å²) in [6.45, 7) is 3.03. The molecule has 3 N–H and O–H groups in total. The first-order valence-corrected chi connectivity index (χ1v) is 10.8. The summed E-state index contributed by atoms with van der Waals surface area (Å²) in [7, 11) is 0. The largest absolute Gasteiger partial charge is 0.377 e. The van der Waals surface area contributed by atoms with Crippen LogP contribution in [0.5, 0.6) is 0 Å². The third-order valence-electron chi connectivity index (χ3n) is 5.74. The van der Waals surface area contributed by atoms with Crippen LogP contribution in [-0.4, -0.2) is 64.9 Å². The number of ether oxygens (including phenoxy) is 1. The number of carbonyl (C=O) groups excluding carboxylic acids is 2. The first-order valence-electron chi connectivity index (χ1n) is 10.4. The summed E-state index contributed by atoms with van der Waals surface area (Å²) in [5.41, 5.74) is 4.93. The minimum atomic E-state index is -0.748. The highest BCUT2D eigenvalue weighted by Crippen LogP contribution is 2.31. The predicted molar refractivity (Wildman–Crippen MR) is 111 cm³/mol. The maximum Gasteiger partial charge on any atom is 0.243 e. The van der Waals surface area contributed by atoms with Gasteiger partial charge in [-0.2, -0.15) is 14.4 Å². The maximum absolute atomic E-state index is 15.1. The van der Waals surface area contributed by atoms with Crippen molar-refractivity contribution in [1.82, 2.24) is 20.5 Å².